The second kappa shape index (κ2) is 38.5. The molecule has 10 unspecified atom stereocenters. The number of rotatable bonds is 23. The maximum Gasteiger partial charge on any atom is 0.523 e. The third kappa shape index (κ3) is 40.1. The number of hydrogen-bond donors (Lipinski definition) is 0. The average molecular weight is 1880 g/mol. The van der Waals surface area contributed by atoms with E-state index in [-0.39, 0.29) is 100 Å². The largest absolute Gasteiger partial charge is 0.523 e. The van der Waals surface area contributed by atoms with E-state index in [4.69, 9.17) is 8.37 Å². The molecular formula is C46H80F4O41S16. The summed E-state index contributed by atoms with van der Waals surface area (Å²) in [7, 11) is -59.6. The summed E-state index contributed by atoms with van der Waals surface area (Å²) in [5.41, 5.74) is -7.73. The molecule has 0 amide bonds. The third-order valence-corrected chi connectivity index (χ3v) is 34.6. The van der Waals surface area contributed by atoms with Crippen molar-refractivity contribution in [3.05, 3.63) is 30.3 Å². The van der Waals surface area contributed by atoms with Crippen LogP contribution in [-0.2, 0) is 198 Å². The van der Waals surface area contributed by atoms with Gasteiger partial charge in [-0.15, -0.1) is 0 Å². The summed E-state index contributed by atoms with van der Waals surface area (Å²) in [5.74, 6) is -4.78. The van der Waals surface area contributed by atoms with Crippen LogP contribution in [0.5, 0.6) is 0 Å². The highest BCUT2D eigenvalue weighted by atomic mass is 32.3. The number of halogens is 4. The van der Waals surface area contributed by atoms with Gasteiger partial charge in [-0.1, -0.05) is 25.1 Å². The number of benzene rings is 1. The molecule has 7 heterocycles. The van der Waals surface area contributed by atoms with Gasteiger partial charge >= 0.3 is 15.6 Å². The normalized spacial score (nSPS) is 27.8. The van der Waals surface area contributed by atoms with Crippen LogP contribution in [-0.4, -0.2) is 318 Å². The zero-order chi connectivity index (χ0) is 83.3. The van der Waals surface area contributed by atoms with Crippen molar-refractivity contribution in [3.8, 4) is 0 Å². The van der Waals surface area contributed by atoms with Crippen molar-refractivity contribution in [2.75, 3.05) is 117 Å². The fourth-order valence-corrected chi connectivity index (χ4v) is 28.0. The van der Waals surface area contributed by atoms with E-state index in [1.165, 1.54) is 26.0 Å². The van der Waals surface area contributed by atoms with E-state index in [1.54, 1.807) is 25.1 Å². The minimum Gasteiger partial charge on any atom is -0.266 e. The van der Waals surface area contributed by atoms with Crippen molar-refractivity contribution in [2.45, 2.75) is 130 Å². The molecule has 8 rings (SSSR count). The van der Waals surface area contributed by atoms with Gasteiger partial charge in [-0.3, -0.25) is 37.6 Å². The van der Waals surface area contributed by atoms with Gasteiger partial charge in [0.2, 0.25) is 5.50 Å². The Morgan fingerprint density at radius 1 is 0.355 bits per heavy atom. The van der Waals surface area contributed by atoms with Crippen LogP contribution in [0, 0.1) is 0 Å². The maximum atomic E-state index is 12.9. The zero-order valence-corrected chi connectivity index (χ0v) is 70.1. The molecule has 1 aromatic carbocycles. The van der Waals surface area contributed by atoms with Crippen LogP contribution in [0.1, 0.15) is 59.3 Å². The molecule has 634 valence electrons. The average Bonchev–Trinajstić information content (AvgIpc) is 1.73. The molecular weight excluding hydrogens is 1800 g/mol. The first-order valence-corrected chi connectivity index (χ1v) is 57.4. The lowest BCUT2D eigenvalue weighted by Gasteiger charge is -2.16. The number of alkyl halides is 4. The number of sulfone groups is 7. The lowest BCUT2D eigenvalue weighted by molar-refractivity contribution is -0.0566. The Morgan fingerprint density at radius 3 is 0.916 bits per heavy atom. The monoisotopic (exact) mass is 1880 g/mol. The van der Waals surface area contributed by atoms with Crippen molar-refractivity contribution in [3.63, 3.8) is 0 Å². The Kier molecular flexibility index (Phi) is 36.3. The molecule has 0 N–H and O–H groups in total. The van der Waals surface area contributed by atoms with E-state index in [9.17, 15) is 152 Å². The van der Waals surface area contributed by atoms with Gasteiger partial charge in [0.1, 0.15) is 30.5 Å². The Hall–Kier alpha value is -2.22. The van der Waals surface area contributed by atoms with Crippen molar-refractivity contribution in [1.29, 1.82) is 0 Å². The Bertz CT molecular complexity index is 5110. The molecule has 0 aliphatic carbocycles. The predicted molar refractivity (Wildman–Crippen MR) is 369 cm³/mol. The minimum absolute atomic E-state index is 0.0119. The topological polar surface area (TPSA) is 629 Å². The smallest absolute Gasteiger partial charge is 0.266 e. The molecule has 7 fully saturated rings. The summed E-state index contributed by atoms with van der Waals surface area (Å²) in [6.07, 6.45) is -6.30. The molecule has 0 spiro atoms. The first-order chi connectivity index (χ1) is 47.7. The molecule has 1 aromatic rings. The molecule has 41 nitrogen and oxygen atoms in total. The van der Waals surface area contributed by atoms with Gasteiger partial charge in [0.25, 0.3) is 80.9 Å². The van der Waals surface area contributed by atoms with Crippen molar-refractivity contribution in [1.82, 2.24) is 0 Å². The lowest BCUT2D eigenvalue weighted by atomic mass is 10.3. The standard InChI is InChI=1S/C10H12O5S2.C7H14O8S3.C7H14O5S2.C6H12O8S3.C6H12O5S2.C5H7F3O5S2.C5H9FO5S2/c11-16(12)7-6-9(8-16)15-17(13,14)10-4-2-1-3-5-10;1-3-18(12,13)15-7-5-17(10,11)4-6(7)14-16(2,8)9;1-2-4-14(10,11)12-7-3-5-13(8,9)6-7;1-15(7,8)13-5-3-17(11,12)4-6(5)14-16(2,9)10;1-2-13(9,10)11-6-3-4-12(7,8)5-6;6-5(7,8)15(11,12)13-4-1-2-14(9,10)3-4;1-12(7,8)11-4-2-3-13(9,10)5(4)6/h1-5,9H,6-8H2;6-7H,3-5H2,1-2H3;7H,2-6H2,1H3;5-6H,3-4H2,1-2H3;6H,2-5H2,1H3;4H,1-3H2;4-5H,2-3H2,1H3. The summed E-state index contributed by atoms with van der Waals surface area (Å²) in [6, 6.07) is 7.69. The Morgan fingerprint density at radius 2 is 0.645 bits per heavy atom. The molecule has 107 heavy (non-hydrogen) atoms. The Labute approximate surface area is 622 Å². The van der Waals surface area contributed by atoms with Crippen LogP contribution in [0.2, 0.25) is 0 Å². The zero-order valence-electron chi connectivity index (χ0n) is 57.0. The fourth-order valence-electron chi connectivity index (χ4n) is 9.11. The second-order valence-corrected chi connectivity index (χ2v) is 54.2. The molecule has 61 heteroatoms. The second-order valence-electron chi connectivity index (χ2n) is 23.8. The SMILES string of the molecule is CCCS(=O)(=O)OC1CCS(=O)(=O)C1.CCS(=O)(=O)OC1CCS(=O)(=O)C1.CCS(=O)(=O)OC1CS(=O)(=O)CC1OS(C)(=O)=O.CS(=O)(=O)OC1CCS(=O)(=O)C1F.CS(=O)(=O)OC1CS(=O)(=O)CC1OS(C)(=O)=O.O=S1(=O)CCC(OS(=O)(=O)C(F)(F)F)C1.O=S1(=O)CCC(OS(=O)(=O)c2ccccc2)C1. The quantitative estimate of drug-likeness (QED) is 0.0575. The van der Waals surface area contributed by atoms with Crippen LogP contribution in [0.25, 0.3) is 0 Å². The minimum atomic E-state index is -5.70. The van der Waals surface area contributed by atoms with Crippen LogP contribution in [0.4, 0.5) is 17.6 Å². The van der Waals surface area contributed by atoms with Crippen molar-refractivity contribution in [2.24, 2.45) is 0 Å². The van der Waals surface area contributed by atoms with Gasteiger partial charge in [0.15, 0.2) is 68.9 Å². The van der Waals surface area contributed by atoms with Gasteiger partial charge < -0.3 is 0 Å². The molecule has 7 aliphatic heterocycles. The van der Waals surface area contributed by atoms with Gasteiger partial charge in [-0.2, -0.15) is 88.9 Å². The van der Waals surface area contributed by atoms with Crippen LogP contribution in [0.15, 0.2) is 35.2 Å². The van der Waals surface area contributed by atoms with E-state index in [2.05, 4.69) is 29.3 Å². The summed E-state index contributed by atoms with van der Waals surface area (Å²) in [5, 5.41) is 0. The first kappa shape index (κ1) is 101. The van der Waals surface area contributed by atoms with E-state index >= 15 is 0 Å². The third-order valence-electron chi connectivity index (χ3n) is 13.6. The van der Waals surface area contributed by atoms with E-state index in [1.807, 2.05) is 0 Å². The van der Waals surface area contributed by atoms with Crippen LogP contribution >= 0.6 is 0 Å². The highest BCUT2D eigenvalue weighted by Crippen LogP contribution is 2.30. The molecule has 0 bridgehead atoms. The molecule has 0 aromatic heterocycles. The highest BCUT2D eigenvalue weighted by Gasteiger charge is 2.50. The van der Waals surface area contributed by atoms with E-state index < -0.39 is 255 Å². The van der Waals surface area contributed by atoms with Gasteiger partial charge in [-0.25, -0.2) is 63.3 Å². The van der Waals surface area contributed by atoms with Gasteiger partial charge in [0.05, 0.1) is 146 Å². The van der Waals surface area contributed by atoms with Crippen molar-refractivity contribution >= 4 is 160 Å². The maximum absolute atomic E-state index is 12.9. The van der Waals surface area contributed by atoms with E-state index in [0.717, 1.165) is 25.0 Å². The van der Waals surface area contributed by atoms with Crippen molar-refractivity contribution < 1.29 is 190 Å². The fraction of sp³-hybridized carbons (Fsp3) is 0.870. The van der Waals surface area contributed by atoms with Crippen LogP contribution in [0.3, 0.4) is 0 Å². The molecule has 7 saturated heterocycles. The lowest BCUT2D eigenvalue weighted by Crippen LogP contribution is -2.34. The predicted octanol–water partition coefficient (Wildman–Crippen LogP) is -3.87. The summed E-state index contributed by atoms with van der Waals surface area (Å²) < 4.78 is 442. The number of hydrogen-bond acceptors (Lipinski definition) is 41. The van der Waals surface area contributed by atoms with Gasteiger partial charge in [0, 0.05) is 0 Å². The Balaban J connectivity index is 0.000000425. The molecule has 0 radical (unpaired) electrons. The summed E-state index contributed by atoms with van der Waals surface area (Å²) in [4.78, 5) is 0.0456. The molecule has 10 atom stereocenters. The highest BCUT2D eigenvalue weighted by molar-refractivity contribution is 7.94. The first-order valence-electron chi connectivity index (χ1n) is 30.0. The molecule has 0 saturated carbocycles. The summed E-state index contributed by atoms with van der Waals surface area (Å²) >= 11 is 0. The van der Waals surface area contributed by atoms with E-state index in [0.29, 0.717) is 6.42 Å². The van der Waals surface area contributed by atoms with Crippen LogP contribution < -0.4 is 0 Å². The van der Waals surface area contributed by atoms with Gasteiger partial charge in [-0.05, 0) is 64.5 Å². The molecule has 7 aliphatic rings. The summed E-state index contributed by atoms with van der Waals surface area (Å²) in [6.45, 7) is 4.51.